The summed E-state index contributed by atoms with van der Waals surface area (Å²) in [6, 6.07) is 0.307. The Balaban J connectivity index is 1.80. The number of nitrogens with two attached hydrogens (primary N) is 1. The van der Waals surface area contributed by atoms with Crippen LogP contribution in [0.25, 0.3) is 0 Å². The van der Waals surface area contributed by atoms with E-state index in [0.717, 1.165) is 30.5 Å². The van der Waals surface area contributed by atoms with Gasteiger partial charge in [0.05, 0.1) is 0 Å². The lowest BCUT2D eigenvalue weighted by Crippen LogP contribution is -2.45. The normalized spacial score (nSPS) is 18.3. The summed E-state index contributed by atoms with van der Waals surface area (Å²) in [6.07, 6.45) is 0. The number of rotatable bonds is 5. The third-order valence-electron chi connectivity index (χ3n) is 3.44. The maximum Gasteiger partial charge on any atom is 0.222 e. The molecule has 6 nitrogen and oxygen atoms in total. The largest absolute Gasteiger partial charge is 0.368 e. The summed E-state index contributed by atoms with van der Waals surface area (Å²) in [6.45, 7) is 9.96. The van der Waals surface area contributed by atoms with E-state index >= 15 is 0 Å². The Bertz CT molecular complexity index is 397. The van der Waals surface area contributed by atoms with Gasteiger partial charge in [-0.3, -0.25) is 9.47 Å². The van der Waals surface area contributed by atoms with Crippen molar-refractivity contribution in [2.75, 3.05) is 51.3 Å². The van der Waals surface area contributed by atoms with Crippen LogP contribution in [0, 0.1) is 0 Å². The summed E-state index contributed by atoms with van der Waals surface area (Å²) in [5, 5.41) is 9.05. The molecular formula is C12H24N6S. The van der Waals surface area contributed by atoms with E-state index < -0.39 is 0 Å². The van der Waals surface area contributed by atoms with Gasteiger partial charge in [0, 0.05) is 44.5 Å². The van der Waals surface area contributed by atoms with E-state index in [1.807, 2.05) is 4.57 Å². The third-order valence-corrected chi connectivity index (χ3v) is 4.37. The van der Waals surface area contributed by atoms with Crippen LogP contribution in [0.2, 0.25) is 0 Å². The molecule has 7 heteroatoms. The standard InChI is InChI=1S/C12H24N6S/c1-10(2)18-11(13)14-15-12(18)19-9-8-17-6-4-16(3)5-7-17/h10H,4-9H2,1-3H3,(H2,13,14). The van der Waals surface area contributed by atoms with Gasteiger partial charge in [-0.05, 0) is 20.9 Å². The SMILES string of the molecule is CC(C)n1c(N)nnc1SCCN1CCN(C)CC1. The fraction of sp³-hybridized carbons (Fsp3) is 0.833. The molecule has 1 aromatic rings. The zero-order chi connectivity index (χ0) is 13.8. The minimum Gasteiger partial charge on any atom is -0.368 e. The van der Waals surface area contributed by atoms with Crippen molar-refractivity contribution in [2.24, 2.45) is 0 Å². The average molecular weight is 284 g/mol. The van der Waals surface area contributed by atoms with E-state index in [-0.39, 0.29) is 0 Å². The van der Waals surface area contributed by atoms with Crippen molar-refractivity contribution in [1.29, 1.82) is 0 Å². The van der Waals surface area contributed by atoms with E-state index in [2.05, 4.69) is 40.9 Å². The van der Waals surface area contributed by atoms with Crippen LogP contribution in [-0.4, -0.2) is 70.1 Å². The molecule has 0 bridgehead atoms. The van der Waals surface area contributed by atoms with Crippen molar-refractivity contribution in [3.05, 3.63) is 0 Å². The van der Waals surface area contributed by atoms with E-state index in [1.165, 1.54) is 13.1 Å². The van der Waals surface area contributed by atoms with E-state index in [0.29, 0.717) is 12.0 Å². The van der Waals surface area contributed by atoms with Gasteiger partial charge >= 0.3 is 0 Å². The number of nitrogens with zero attached hydrogens (tertiary/aromatic N) is 5. The van der Waals surface area contributed by atoms with Gasteiger partial charge in [0.15, 0.2) is 5.16 Å². The molecular weight excluding hydrogens is 260 g/mol. The molecule has 2 N–H and O–H groups in total. The predicted molar refractivity (Wildman–Crippen MR) is 79.5 cm³/mol. The Labute approximate surface area is 119 Å². The highest BCUT2D eigenvalue weighted by molar-refractivity contribution is 7.99. The van der Waals surface area contributed by atoms with Crippen molar-refractivity contribution >= 4 is 17.7 Å². The summed E-state index contributed by atoms with van der Waals surface area (Å²) in [4.78, 5) is 4.88. The molecule has 1 saturated heterocycles. The third kappa shape index (κ3) is 3.84. The Morgan fingerprint density at radius 3 is 2.53 bits per heavy atom. The van der Waals surface area contributed by atoms with Gasteiger partial charge in [0.25, 0.3) is 0 Å². The van der Waals surface area contributed by atoms with Gasteiger partial charge in [-0.25, -0.2) is 0 Å². The van der Waals surface area contributed by atoms with E-state index in [1.54, 1.807) is 11.8 Å². The van der Waals surface area contributed by atoms with Crippen molar-refractivity contribution in [3.63, 3.8) is 0 Å². The molecule has 0 atom stereocenters. The van der Waals surface area contributed by atoms with Crippen molar-refractivity contribution < 1.29 is 0 Å². The first-order valence-corrected chi connectivity index (χ1v) is 7.80. The predicted octanol–water partition coefficient (Wildman–Crippen LogP) is 0.781. The molecule has 1 aliphatic rings. The molecule has 1 fully saturated rings. The zero-order valence-electron chi connectivity index (χ0n) is 12.0. The van der Waals surface area contributed by atoms with Crippen LogP contribution in [0.15, 0.2) is 5.16 Å². The maximum absolute atomic E-state index is 5.83. The molecule has 19 heavy (non-hydrogen) atoms. The zero-order valence-corrected chi connectivity index (χ0v) is 12.9. The number of piperazine rings is 1. The Hall–Kier alpha value is -0.790. The highest BCUT2D eigenvalue weighted by atomic mass is 32.2. The molecule has 1 aliphatic heterocycles. The smallest absolute Gasteiger partial charge is 0.222 e. The van der Waals surface area contributed by atoms with Crippen LogP contribution in [0.1, 0.15) is 19.9 Å². The second kappa shape index (κ2) is 6.58. The highest BCUT2D eigenvalue weighted by Crippen LogP contribution is 2.22. The highest BCUT2D eigenvalue weighted by Gasteiger charge is 2.15. The van der Waals surface area contributed by atoms with E-state index in [4.69, 9.17) is 5.73 Å². The number of nitrogen functional groups attached to an aromatic ring is 1. The molecule has 1 aromatic heterocycles. The first-order valence-electron chi connectivity index (χ1n) is 6.82. The monoisotopic (exact) mass is 284 g/mol. The number of hydrogen-bond acceptors (Lipinski definition) is 6. The number of hydrogen-bond donors (Lipinski definition) is 1. The molecule has 0 unspecified atom stereocenters. The van der Waals surface area contributed by atoms with Crippen LogP contribution in [0.3, 0.4) is 0 Å². The van der Waals surface area contributed by atoms with Crippen molar-refractivity contribution in [3.8, 4) is 0 Å². The van der Waals surface area contributed by atoms with Crippen LogP contribution in [0.4, 0.5) is 5.95 Å². The van der Waals surface area contributed by atoms with Crippen molar-refractivity contribution in [1.82, 2.24) is 24.6 Å². The lowest BCUT2D eigenvalue weighted by atomic mass is 10.3. The first-order chi connectivity index (χ1) is 9.08. The molecule has 2 heterocycles. The number of likely N-dealkylation sites (N-methyl/N-ethyl adjacent to an activating group) is 1. The summed E-state index contributed by atoms with van der Waals surface area (Å²) in [5.41, 5.74) is 5.83. The van der Waals surface area contributed by atoms with Gasteiger partial charge in [0.2, 0.25) is 5.95 Å². The minimum atomic E-state index is 0.307. The van der Waals surface area contributed by atoms with Crippen LogP contribution in [0.5, 0.6) is 0 Å². The second-order valence-corrected chi connectivity index (χ2v) is 6.36. The van der Waals surface area contributed by atoms with Gasteiger partial charge in [0.1, 0.15) is 0 Å². The van der Waals surface area contributed by atoms with Crippen LogP contribution >= 0.6 is 11.8 Å². The molecule has 2 rings (SSSR count). The molecule has 0 spiro atoms. The van der Waals surface area contributed by atoms with Gasteiger partial charge in [-0.1, -0.05) is 11.8 Å². The van der Waals surface area contributed by atoms with Crippen LogP contribution in [-0.2, 0) is 0 Å². The fourth-order valence-corrected chi connectivity index (χ4v) is 3.28. The average Bonchev–Trinajstić information content (AvgIpc) is 2.73. The van der Waals surface area contributed by atoms with E-state index in [9.17, 15) is 0 Å². The lowest BCUT2D eigenvalue weighted by molar-refractivity contribution is 0.161. The van der Waals surface area contributed by atoms with Crippen LogP contribution < -0.4 is 5.73 Å². The summed E-state index contributed by atoms with van der Waals surface area (Å²) < 4.78 is 1.99. The number of anilines is 1. The molecule has 0 saturated carbocycles. The molecule has 0 aliphatic carbocycles. The maximum atomic E-state index is 5.83. The minimum absolute atomic E-state index is 0.307. The lowest BCUT2D eigenvalue weighted by Gasteiger charge is -2.32. The van der Waals surface area contributed by atoms with Crippen molar-refractivity contribution in [2.45, 2.75) is 25.0 Å². The summed E-state index contributed by atoms with van der Waals surface area (Å²) in [7, 11) is 2.18. The number of aromatic nitrogens is 3. The van der Waals surface area contributed by atoms with Gasteiger partial charge < -0.3 is 10.6 Å². The molecule has 0 radical (unpaired) electrons. The number of thioether (sulfide) groups is 1. The Morgan fingerprint density at radius 2 is 1.89 bits per heavy atom. The quantitative estimate of drug-likeness (QED) is 0.806. The van der Waals surface area contributed by atoms with Gasteiger partial charge in [-0.15, -0.1) is 10.2 Å². The molecule has 108 valence electrons. The Kier molecular flexibility index (Phi) is 5.06. The van der Waals surface area contributed by atoms with Gasteiger partial charge in [-0.2, -0.15) is 0 Å². The molecule has 0 amide bonds. The molecule has 0 aromatic carbocycles. The fourth-order valence-electron chi connectivity index (χ4n) is 2.21. The second-order valence-electron chi connectivity index (χ2n) is 5.30. The summed E-state index contributed by atoms with van der Waals surface area (Å²) in [5.74, 6) is 1.55. The first kappa shape index (κ1) is 14.6. The topological polar surface area (TPSA) is 63.2 Å². The summed E-state index contributed by atoms with van der Waals surface area (Å²) >= 11 is 1.74. The Morgan fingerprint density at radius 1 is 1.21 bits per heavy atom.